The van der Waals surface area contributed by atoms with Crippen molar-refractivity contribution in [2.45, 2.75) is 52.0 Å². The highest BCUT2D eigenvalue weighted by atomic mass is 32.2. The lowest BCUT2D eigenvalue weighted by atomic mass is 10.1. The number of aryl methyl sites for hydroxylation is 2. The van der Waals surface area contributed by atoms with E-state index in [4.69, 9.17) is 0 Å². The van der Waals surface area contributed by atoms with E-state index in [2.05, 4.69) is 41.8 Å². The first kappa shape index (κ1) is 24.1. The molecule has 0 saturated heterocycles. The third kappa shape index (κ3) is 5.90. The topological polar surface area (TPSA) is 78.5 Å². The molecule has 30 heavy (non-hydrogen) atoms. The predicted molar refractivity (Wildman–Crippen MR) is 122 cm³/mol. The first-order valence-electron chi connectivity index (χ1n) is 10.5. The van der Waals surface area contributed by atoms with Crippen molar-refractivity contribution in [1.82, 2.24) is 9.62 Å². The SMILES string of the molecule is CCc1ccc(C(C)NCC(=O)Nc2cc(S(=O)(=O)N(CC)CC)ccc2C)cc1. The first-order valence-corrected chi connectivity index (χ1v) is 11.9. The van der Waals surface area contributed by atoms with Gasteiger partial charge in [-0.15, -0.1) is 0 Å². The van der Waals surface area contributed by atoms with Crippen LogP contribution in [0.1, 0.15) is 50.4 Å². The molecule has 6 nitrogen and oxygen atoms in total. The zero-order valence-electron chi connectivity index (χ0n) is 18.5. The van der Waals surface area contributed by atoms with Gasteiger partial charge < -0.3 is 10.6 Å². The van der Waals surface area contributed by atoms with Crippen LogP contribution in [0, 0.1) is 6.92 Å². The molecule has 2 N–H and O–H groups in total. The van der Waals surface area contributed by atoms with Gasteiger partial charge in [0.15, 0.2) is 0 Å². The lowest BCUT2D eigenvalue weighted by Crippen LogP contribution is -2.31. The number of sulfonamides is 1. The van der Waals surface area contributed by atoms with Gasteiger partial charge >= 0.3 is 0 Å². The minimum absolute atomic E-state index is 0.0251. The average Bonchev–Trinajstić information content (AvgIpc) is 2.74. The monoisotopic (exact) mass is 431 g/mol. The highest BCUT2D eigenvalue weighted by molar-refractivity contribution is 7.89. The van der Waals surface area contributed by atoms with E-state index < -0.39 is 10.0 Å². The summed E-state index contributed by atoms with van der Waals surface area (Å²) in [6, 6.07) is 13.2. The molecule has 0 radical (unpaired) electrons. The van der Waals surface area contributed by atoms with Crippen LogP contribution in [0.4, 0.5) is 5.69 Å². The van der Waals surface area contributed by atoms with Crippen molar-refractivity contribution in [2.24, 2.45) is 0 Å². The zero-order valence-corrected chi connectivity index (χ0v) is 19.3. The Morgan fingerprint density at radius 3 is 2.23 bits per heavy atom. The van der Waals surface area contributed by atoms with Crippen LogP contribution in [0.2, 0.25) is 0 Å². The Morgan fingerprint density at radius 2 is 1.67 bits per heavy atom. The van der Waals surface area contributed by atoms with E-state index in [1.807, 2.05) is 13.8 Å². The van der Waals surface area contributed by atoms with E-state index >= 15 is 0 Å². The van der Waals surface area contributed by atoms with Gasteiger partial charge in [-0.05, 0) is 49.1 Å². The number of nitrogens with zero attached hydrogens (tertiary/aromatic N) is 1. The summed E-state index contributed by atoms with van der Waals surface area (Å²) in [4.78, 5) is 12.7. The van der Waals surface area contributed by atoms with E-state index in [0.29, 0.717) is 18.8 Å². The number of carbonyl (C=O) groups is 1. The molecule has 1 unspecified atom stereocenters. The molecule has 0 spiro atoms. The fourth-order valence-corrected chi connectivity index (χ4v) is 4.69. The van der Waals surface area contributed by atoms with Crippen molar-refractivity contribution in [2.75, 3.05) is 25.0 Å². The molecule has 0 fully saturated rings. The summed E-state index contributed by atoms with van der Waals surface area (Å²) in [6.45, 7) is 10.5. The molecule has 0 aliphatic heterocycles. The molecule has 0 aromatic heterocycles. The number of carbonyl (C=O) groups excluding carboxylic acids is 1. The Morgan fingerprint density at radius 1 is 1.03 bits per heavy atom. The Kier molecular flexibility index (Phi) is 8.58. The van der Waals surface area contributed by atoms with Crippen molar-refractivity contribution >= 4 is 21.6 Å². The second-order valence-corrected chi connectivity index (χ2v) is 9.25. The summed E-state index contributed by atoms with van der Waals surface area (Å²) < 4.78 is 26.9. The summed E-state index contributed by atoms with van der Waals surface area (Å²) in [5.74, 6) is -0.215. The number of amides is 1. The van der Waals surface area contributed by atoms with Crippen molar-refractivity contribution in [3.8, 4) is 0 Å². The van der Waals surface area contributed by atoms with Gasteiger partial charge in [-0.3, -0.25) is 4.79 Å². The van der Waals surface area contributed by atoms with Gasteiger partial charge in [0.25, 0.3) is 0 Å². The second kappa shape index (κ2) is 10.7. The number of hydrogen-bond donors (Lipinski definition) is 2. The van der Waals surface area contributed by atoms with E-state index in [1.54, 1.807) is 26.0 Å². The van der Waals surface area contributed by atoms with Crippen LogP contribution in [0.5, 0.6) is 0 Å². The maximum absolute atomic E-state index is 12.8. The fraction of sp³-hybridized carbons (Fsp3) is 0.435. The maximum atomic E-state index is 12.8. The van der Waals surface area contributed by atoms with Crippen molar-refractivity contribution in [3.63, 3.8) is 0 Å². The number of nitrogens with one attached hydrogen (secondary N) is 2. The van der Waals surface area contributed by atoms with Crippen LogP contribution in [-0.2, 0) is 21.2 Å². The minimum Gasteiger partial charge on any atom is -0.325 e. The van der Waals surface area contributed by atoms with Crippen LogP contribution < -0.4 is 10.6 Å². The maximum Gasteiger partial charge on any atom is 0.243 e. The molecular formula is C23H33N3O3S. The Hall–Kier alpha value is -2.22. The van der Waals surface area contributed by atoms with Crippen LogP contribution in [0.3, 0.4) is 0 Å². The van der Waals surface area contributed by atoms with Gasteiger partial charge in [-0.1, -0.05) is 51.1 Å². The first-order chi connectivity index (χ1) is 14.2. The third-order valence-electron chi connectivity index (χ3n) is 5.28. The molecular weight excluding hydrogens is 398 g/mol. The van der Waals surface area contributed by atoms with Gasteiger partial charge in [0.05, 0.1) is 11.4 Å². The molecule has 2 aromatic rings. The molecule has 2 rings (SSSR count). The summed E-state index contributed by atoms with van der Waals surface area (Å²) in [6.07, 6.45) is 0.993. The zero-order chi connectivity index (χ0) is 22.3. The summed E-state index contributed by atoms with van der Waals surface area (Å²) in [7, 11) is -3.58. The number of anilines is 1. The minimum atomic E-state index is -3.58. The smallest absolute Gasteiger partial charge is 0.243 e. The number of rotatable bonds is 10. The van der Waals surface area contributed by atoms with Crippen LogP contribution in [-0.4, -0.2) is 38.3 Å². The molecule has 164 valence electrons. The van der Waals surface area contributed by atoms with Gasteiger partial charge in [-0.25, -0.2) is 8.42 Å². The predicted octanol–water partition coefficient (Wildman–Crippen LogP) is 3.88. The normalized spacial score (nSPS) is 12.7. The van der Waals surface area contributed by atoms with Crippen molar-refractivity contribution < 1.29 is 13.2 Å². The van der Waals surface area contributed by atoms with E-state index in [9.17, 15) is 13.2 Å². The van der Waals surface area contributed by atoms with E-state index in [-0.39, 0.29) is 23.4 Å². The molecule has 0 aliphatic carbocycles. The number of benzene rings is 2. The van der Waals surface area contributed by atoms with Crippen LogP contribution in [0.25, 0.3) is 0 Å². The van der Waals surface area contributed by atoms with E-state index in [1.165, 1.54) is 15.9 Å². The average molecular weight is 432 g/mol. The van der Waals surface area contributed by atoms with Gasteiger partial charge in [0.1, 0.15) is 0 Å². The third-order valence-corrected chi connectivity index (χ3v) is 7.33. The fourth-order valence-electron chi connectivity index (χ4n) is 3.21. The van der Waals surface area contributed by atoms with Crippen LogP contribution in [0.15, 0.2) is 47.4 Å². The quantitative estimate of drug-likeness (QED) is 0.598. The largest absolute Gasteiger partial charge is 0.325 e. The highest BCUT2D eigenvalue weighted by Gasteiger charge is 2.22. The molecule has 0 heterocycles. The van der Waals surface area contributed by atoms with Crippen molar-refractivity contribution in [3.05, 3.63) is 59.2 Å². The lowest BCUT2D eigenvalue weighted by Gasteiger charge is -2.19. The molecule has 1 amide bonds. The van der Waals surface area contributed by atoms with E-state index in [0.717, 1.165) is 17.5 Å². The summed E-state index contributed by atoms with van der Waals surface area (Å²) in [5.41, 5.74) is 3.71. The number of hydrogen-bond acceptors (Lipinski definition) is 4. The molecule has 7 heteroatoms. The molecule has 0 bridgehead atoms. The summed E-state index contributed by atoms with van der Waals surface area (Å²) in [5, 5.41) is 6.06. The molecule has 2 aromatic carbocycles. The molecule has 1 atom stereocenters. The molecule has 0 aliphatic rings. The summed E-state index contributed by atoms with van der Waals surface area (Å²) >= 11 is 0. The lowest BCUT2D eigenvalue weighted by molar-refractivity contribution is -0.115. The van der Waals surface area contributed by atoms with Crippen LogP contribution >= 0.6 is 0 Å². The van der Waals surface area contributed by atoms with Gasteiger partial charge in [0, 0.05) is 24.8 Å². The Bertz CT molecular complexity index is 952. The second-order valence-electron chi connectivity index (χ2n) is 7.31. The Labute approximate surface area is 180 Å². The van der Waals surface area contributed by atoms with Gasteiger partial charge in [0.2, 0.25) is 15.9 Å². The Balaban J connectivity index is 2.05. The highest BCUT2D eigenvalue weighted by Crippen LogP contribution is 2.23. The van der Waals surface area contributed by atoms with Gasteiger partial charge in [-0.2, -0.15) is 4.31 Å². The standard InChI is InChI=1S/C23H33N3O3S/c1-6-19-10-12-20(13-11-19)18(5)24-16-23(27)25-22-15-21(14-9-17(22)4)30(28,29)26(7-2)8-3/h9-15,18,24H,6-8,16H2,1-5H3,(H,25,27). The molecule has 0 saturated carbocycles. The van der Waals surface area contributed by atoms with Crippen molar-refractivity contribution in [1.29, 1.82) is 0 Å².